The van der Waals surface area contributed by atoms with E-state index in [-0.39, 0.29) is 11.6 Å². The zero-order valence-electron chi connectivity index (χ0n) is 23.0. The molecule has 5 aromatic rings. The molecule has 0 saturated heterocycles. The topological polar surface area (TPSA) is 125 Å². The molecule has 2 aromatic heterocycles. The summed E-state index contributed by atoms with van der Waals surface area (Å²) in [6.07, 6.45) is 2.83. The van der Waals surface area contributed by atoms with E-state index < -0.39 is 11.5 Å². The summed E-state index contributed by atoms with van der Waals surface area (Å²) >= 11 is 6.78. The molecule has 0 saturated carbocycles. The number of nitrogens with two attached hydrogens (primary N) is 1. The van der Waals surface area contributed by atoms with Crippen LogP contribution in [-0.4, -0.2) is 43.3 Å². The Bertz CT molecular complexity index is 1600. The molecular formula is C31H32ClN7O2. The van der Waals surface area contributed by atoms with E-state index in [4.69, 9.17) is 27.1 Å². The molecule has 0 amide bonds. The maximum atomic E-state index is 13.3. The zero-order chi connectivity index (χ0) is 28.8. The minimum absolute atomic E-state index is 0.213. The molecular weight excluding hydrogens is 538 g/mol. The van der Waals surface area contributed by atoms with Crippen LogP contribution in [-0.2, 0) is 34.5 Å². The highest BCUT2D eigenvalue weighted by molar-refractivity contribution is 6.30. The van der Waals surface area contributed by atoms with E-state index in [1.807, 2.05) is 59.2 Å². The maximum absolute atomic E-state index is 13.3. The van der Waals surface area contributed by atoms with Gasteiger partial charge in [-0.05, 0) is 33.9 Å². The molecule has 10 heteroatoms. The largest absolute Gasteiger partial charge is 0.467 e. The Balaban J connectivity index is 1.54. The maximum Gasteiger partial charge on any atom is 0.332 e. The van der Waals surface area contributed by atoms with E-state index >= 15 is 0 Å². The Morgan fingerprint density at radius 1 is 1.00 bits per heavy atom. The molecule has 0 unspecified atom stereocenters. The third-order valence-corrected chi connectivity index (χ3v) is 7.44. The van der Waals surface area contributed by atoms with Gasteiger partial charge >= 0.3 is 5.97 Å². The summed E-state index contributed by atoms with van der Waals surface area (Å²) < 4.78 is 7.20. The van der Waals surface area contributed by atoms with Gasteiger partial charge in [0.05, 0.1) is 12.8 Å². The first kappa shape index (κ1) is 28.2. The minimum atomic E-state index is -1.53. The van der Waals surface area contributed by atoms with Crippen molar-refractivity contribution in [2.45, 2.75) is 44.7 Å². The van der Waals surface area contributed by atoms with Crippen LogP contribution < -0.4 is 5.73 Å². The number of aromatic amines is 1. The van der Waals surface area contributed by atoms with E-state index in [0.29, 0.717) is 24.5 Å². The van der Waals surface area contributed by atoms with Gasteiger partial charge in [0.2, 0.25) is 5.82 Å². The Labute approximate surface area is 243 Å². The predicted octanol–water partition coefficient (Wildman–Crippen LogP) is 5.34. The molecule has 0 radical (unpaired) electrons. The van der Waals surface area contributed by atoms with Crippen molar-refractivity contribution in [3.8, 4) is 22.5 Å². The first-order chi connectivity index (χ1) is 19.9. The average Bonchev–Trinajstić information content (AvgIpc) is 3.65. The lowest BCUT2D eigenvalue weighted by atomic mass is 9.88. The summed E-state index contributed by atoms with van der Waals surface area (Å²) in [6, 6.07) is 25.7. The monoisotopic (exact) mass is 569 g/mol. The highest BCUT2D eigenvalue weighted by Gasteiger charge is 2.43. The van der Waals surface area contributed by atoms with Crippen LogP contribution in [0.1, 0.15) is 42.4 Å². The third kappa shape index (κ3) is 5.91. The number of tetrazole rings is 1. The number of carbonyl (C=O) groups is 1. The number of hydrogen-bond donors (Lipinski definition) is 2. The van der Waals surface area contributed by atoms with Crippen molar-refractivity contribution in [3.63, 3.8) is 0 Å². The number of imidazole rings is 1. The lowest BCUT2D eigenvalue weighted by Crippen LogP contribution is -2.49. The van der Waals surface area contributed by atoms with E-state index in [1.165, 1.54) is 7.11 Å². The number of halogens is 1. The van der Waals surface area contributed by atoms with Crippen LogP contribution in [0.4, 0.5) is 0 Å². The number of nitrogens with zero attached hydrogens (tertiary/aromatic N) is 5. The van der Waals surface area contributed by atoms with Gasteiger partial charge in [-0.3, -0.25) is 0 Å². The summed E-state index contributed by atoms with van der Waals surface area (Å²) in [7, 11) is 1.34. The van der Waals surface area contributed by atoms with Gasteiger partial charge in [-0.2, -0.15) is 5.21 Å². The van der Waals surface area contributed by atoms with Crippen molar-refractivity contribution in [3.05, 3.63) is 107 Å². The highest BCUT2D eigenvalue weighted by Crippen LogP contribution is 2.34. The number of hydrogen-bond acceptors (Lipinski definition) is 7. The van der Waals surface area contributed by atoms with Crippen LogP contribution in [0.25, 0.3) is 22.5 Å². The van der Waals surface area contributed by atoms with Crippen LogP contribution in [0.3, 0.4) is 0 Å². The number of aryl methyl sites for hydroxylation is 1. The number of esters is 1. The normalized spacial score (nSPS) is 12.7. The number of nitrogens with one attached hydrogen (secondary N) is 1. The second-order valence-electron chi connectivity index (χ2n) is 9.96. The van der Waals surface area contributed by atoms with Crippen LogP contribution in [0.2, 0.25) is 5.15 Å². The van der Waals surface area contributed by atoms with Crippen molar-refractivity contribution in [1.82, 2.24) is 30.2 Å². The van der Waals surface area contributed by atoms with Crippen molar-refractivity contribution < 1.29 is 9.53 Å². The molecule has 3 aromatic carbocycles. The Morgan fingerprint density at radius 3 is 2.37 bits per heavy atom. The van der Waals surface area contributed by atoms with Gasteiger partial charge in [-0.25, -0.2) is 9.78 Å². The highest BCUT2D eigenvalue weighted by atomic mass is 35.5. The number of rotatable bonds is 11. The SMILES string of the molecule is CCCCc1nc(Cl)c([C@@](N)(Cc2ccccc2)C(=O)OC)n1Cc1ccc(-c2ccccc2-c2nn[nH]n2)cc1. The second-order valence-corrected chi connectivity index (χ2v) is 10.3. The molecule has 210 valence electrons. The molecule has 0 spiro atoms. The zero-order valence-corrected chi connectivity index (χ0v) is 23.8. The quantitative estimate of drug-likeness (QED) is 0.206. The van der Waals surface area contributed by atoms with Gasteiger partial charge in [-0.15, -0.1) is 10.2 Å². The number of aromatic nitrogens is 6. The van der Waals surface area contributed by atoms with Gasteiger partial charge in [0.15, 0.2) is 10.7 Å². The molecule has 41 heavy (non-hydrogen) atoms. The molecule has 1 atom stereocenters. The fourth-order valence-electron chi connectivity index (χ4n) is 5.12. The van der Waals surface area contributed by atoms with E-state index in [1.54, 1.807) is 0 Å². The van der Waals surface area contributed by atoms with E-state index in [2.05, 4.69) is 51.8 Å². The first-order valence-electron chi connectivity index (χ1n) is 13.5. The lowest BCUT2D eigenvalue weighted by molar-refractivity contribution is -0.147. The predicted molar refractivity (Wildman–Crippen MR) is 158 cm³/mol. The van der Waals surface area contributed by atoms with Crippen LogP contribution >= 0.6 is 11.6 Å². The van der Waals surface area contributed by atoms with Crippen LogP contribution in [0, 0.1) is 0 Å². The molecule has 0 bridgehead atoms. The van der Waals surface area contributed by atoms with Gasteiger partial charge in [0, 0.05) is 24.9 Å². The van der Waals surface area contributed by atoms with Crippen molar-refractivity contribution in [1.29, 1.82) is 0 Å². The number of benzene rings is 3. The molecule has 0 aliphatic rings. The number of carbonyl (C=O) groups excluding carboxylic acids is 1. The fraction of sp³-hybridized carbons (Fsp3) is 0.258. The fourth-order valence-corrected chi connectivity index (χ4v) is 5.49. The van der Waals surface area contributed by atoms with Crippen LogP contribution in [0.5, 0.6) is 0 Å². The van der Waals surface area contributed by atoms with E-state index in [0.717, 1.165) is 46.5 Å². The molecule has 3 N–H and O–H groups in total. The molecule has 5 rings (SSSR count). The summed E-state index contributed by atoms with van der Waals surface area (Å²) in [6.45, 7) is 2.56. The van der Waals surface area contributed by atoms with Crippen LogP contribution in [0.15, 0.2) is 78.9 Å². The Kier molecular flexibility index (Phi) is 8.56. The standard InChI is InChI=1S/C31H32ClN7O2/c1-3-4-14-26-34-28(32)27(31(33,30(40)41-2)19-21-10-6-5-7-11-21)39(26)20-22-15-17-23(18-16-22)24-12-8-9-13-25(24)29-35-37-38-36-29/h5-13,15-18H,3-4,14,19-20,33H2,1-2H3,(H,35,36,37,38)/t31-/m0/s1. The number of ether oxygens (including phenoxy) is 1. The van der Waals surface area contributed by atoms with Crippen molar-refractivity contribution in [2.75, 3.05) is 7.11 Å². The van der Waals surface area contributed by atoms with E-state index in [9.17, 15) is 4.79 Å². The summed E-state index contributed by atoms with van der Waals surface area (Å²) in [5.74, 6) is 0.744. The lowest BCUT2D eigenvalue weighted by Gasteiger charge is -2.29. The van der Waals surface area contributed by atoms with Gasteiger partial charge in [0.1, 0.15) is 5.82 Å². The Hall–Kier alpha value is -4.34. The van der Waals surface area contributed by atoms with Gasteiger partial charge in [-0.1, -0.05) is 104 Å². The molecule has 2 heterocycles. The summed E-state index contributed by atoms with van der Waals surface area (Å²) in [4.78, 5) is 18.0. The minimum Gasteiger partial charge on any atom is -0.467 e. The van der Waals surface area contributed by atoms with Gasteiger partial charge in [0.25, 0.3) is 0 Å². The molecule has 9 nitrogen and oxygen atoms in total. The Morgan fingerprint density at radius 2 is 1.71 bits per heavy atom. The molecule has 0 aliphatic carbocycles. The first-order valence-corrected chi connectivity index (χ1v) is 13.9. The number of H-pyrrole nitrogens is 1. The molecule has 0 fully saturated rings. The van der Waals surface area contributed by atoms with Crippen molar-refractivity contribution >= 4 is 17.6 Å². The number of unbranched alkanes of at least 4 members (excludes halogenated alkanes) is 1. The van der Waals surface area contributed by atoms with Gasteiger partial charge < -0.3 is 15.0 Å². The summed E-state index contributed by atoms with van der Waals surface area (Å²) in [5.41, 5.74) is 10.6. The smallest absolute Gasteiger partial charge is 0.332 e. The molecule has 0 aliphatic heterocycles. The second kappa shape index (κ2) is 12.4. The number of methoxy groups -OCH3 is 1. The average molecular weight is 570 g/mol. The third-order valence-electron chi connectivity index (χ3n) is 7.17. The summed E-state index contributed by atoms with van der Waals surface area (Å²) in [5, 5.41) is 14.7. The van der Waals surface area contributed by atoms with Crippen molar-refractivity contribution in [2.24, 2.45) is 5.73 Å².